The van der Waals surface area contributed by atoms with Gasteiger partial charge in [-0.15, -0.1) is 0 Å². The average Bonchev–Trinajstić information content (AvgIpc) is 2.50. The molecule has 0 spiro atoms. The van der Waals surface area contributed by atoms with Crippen molar-refractivity contribution in [2.45, 2.75) is 25.8 Å². The molecule has 0 bridgehead atoms. The summed E-state index contributed by atoms with van der Waals surface area (Å²) in [5.74, 6) is 0. The van der Waals surface area contributed by atoms with E-state index in [-0.39, 0.29) is 5.54 Å². The quantitative estimate of drug-likeness (QED) is 0.802. The van der Waals surface area contributed by atoms with Crippen molar-refractivity contribution in [3.63, 3.8) is 0 Å². The van der Waals surface area contributed by atoms with Gasteiger partial charge < -0.3 is 10.2 Å². The van der Waals surface area contributed by atoms with Gasteiger partial charge in [0.1, 0.15) is 0 Å². The Hall–Kier alpha value is -1.53. The van der Waals surface area contributed by atoms with E-state index >= 15 is 0 Å². The molecule has 0 aliphatic carbocycles. The first kappa shape index (κ1) is 11.9. The highest BCUT2D eigenvalue weighted by Crippen LogP contribution is 2.20. The zero-order valence-corrected chi connectivity index (χ0v) is 10.5. The van der Waals surface area contributed by atoms with Crippen LogP contribution in [0.25, 0.3) is 0 Å². The van der Waals surface area contributed by atoms with Gasteiger partial charge in [0.15, 0.2) is 0 Å². The fourth-order valence-corrected chi connectivity index (χ4v) is 2.30. The maximum absolute atomic E-state index is 8.94. The molecule has 1 heterocycles. The maximum atomic E-state index is 8.94. The first-order valence-electron chi connectivity index (χ1n) is 6.11. The summed E-state index contributed by atoms with van der Waals surface area (Å²) in [4.78, 5) is 2.36. The third-order valence-corrected chi connectivity index (χ3v) is 3.13. The zero-order chi connectivity index (χ0) is 12.3. The Morgan fingerprint density at radius 2 is 2.24 bits per heavy atom. The number of nitriles is 1. The Morgan fingerprint density at radius 3 is 3.00 bits per heavy atom. The summed E-state index contributed by atoms with van der Waals surface area (Å²) in [6.45, 7) is 7.52. The highest BCUT2D eigenvalue weighted by atomic mass is 15.2. The Bertz CT molecular complexity index is 431. The average molecular weight is 229 g/mol. The number of anilines is 1. The van der Waals surface area contributed by atoms with Crippen molar-refractivity contribution in [2.24, 2.45) is 0 Å². The van der Waals surface area contributed by atoms with Crippen molar-refractivity contribution >= 4 is 5.69 Å². The molecule has 0 atom stereocenters. The lowest BCUT2D eigenvalue weighted by Gasteiger charge is -2.31. The third-order valence-electron chi connectivity index (χ3n) is 3.13. The van der Waals surface area contributed by atoms with Crippen LogP contribution in [0.15, 0.2) is 24.3 Å². The van der Waals surface area contributed by atoms with Gasteiger partial charge in [0.05, 0.1) is 11.6 Å². The van der Waals surface area contributed by atoms with E-state index in [1.54, 1.807) is 0 Å². The normalized spacial score (nSPS) is 19.5. The molecule has 1 aromatic rings. The van der Waals surface area contributed by atoms with E-state index in [2.05, 4.69) is 36.2 Å². The number of benzene rings is 1. The lowest BCUT2D eigenvalue weighted by molar-refractivity contribution is 0.416. The van der Waals surface area contributed by atoms with Crippen LogP contribution in [0.4, 0.5) is 5.69 Å². The summed E-state index contributed by atoms with van der Waals surface area (Å²) in [5.41, 5.74) is 2.01. The summed E-state index contributed by atoms with van der Waals surface area (Å²) < 4.78 is 0. The predicted octanol–water partition coefficient (Wildman–Crippen LogP) is 2.14. The van der Waals surface area contributed by atoms with E-state index in [9.17, 15) is 0 Å². The standard InChI is InChI=1S/C14H19N3/c1-14(2)11-17(8-4-7-16-14)13-6-3-5-12(9-13)10-15/h3,5-6,9,16H,4,7-8,11H2,1-2H3. The monoisotopic (exact) mass is 229 g/mol. The molecule has 1 saturated heterocycles. The molecule has 2 rings (SSSR count). The molecular weight excluding hydrogens is 210 g/mol. The molecule has 1 aromatic carbocycles. The first-order valence-corrected chi connectivity index (χ1v) is 6.11. The van der Waals surface area contributed by atoms with Gasteiger partial charge in [0.2, 0.25) is 0 Å². The molecule has 3 nitrogen and oxygen atoms in total. The Kier molecular flexibility index (Phi) is 3.35. The topological polar surface area (TPSA) is 39.1 Å². The summed E-state index contributed by atoms with van der Waals surface area (Å²) >= 11 is 0. The lowest BCUT2D eigenvalue weighted by Crippen LogP contribution is -2.46. The minimum absolute atomic E-state index is 0.124. The summed E-state index contributed by atoms with van der Waals surface area (Å²) in [7, 11) is 0. The first-order chi connectivity index (χ1) is 8.11. The fraction of sp³-hybridized carbons (Fsp3) is 0.500. The minimum Gasteiger partial charge on any atom is -0.370 e. The van der Waals surface area contributed by atoms with E-state index in [0.717, 1.165) is 37.3 Å². The Balaban J connectivity index is 2.23. The molecule has 90 valence electrons. The number of hydrogen-bond acceptors (Lipinski definition) is 3. The molecule has 0 unspecified atom stereocenters. The van der Waals surface area contributed by atoms with Crippen molar-refractivity contribution in [1.29, 1.82) is 5.26 Å². The van der Waals surface area contributed by atoms with E-state index in [4.69, 9.17) is 5.26 Å². The van der Waals surface area contributed by atoms with Crippen LogP contribution < -0.4 is 10.2 Å². The third kappa shape index (κ3) is 2.98. The highest BCUT2D eigenvalue weighted by Gasteiger charge is 2.24. The molecule has 0 radical (unpaired) electrons. The second kappa shape index (κ2) is 4.77. The molecule has 0 saturated carbocycles. The summed E-state index contributed by atoms with van der Waals surface area (Å²) in [6, 6.07) is 10.1. The van der Waals surface area contributed by atoms with Gasteiger partial charge in [-0.1, -0.05) is 6.07 Å². The Labute approximate surface area is 103 Å². The fourth-order valence-electron chi connectivity index (χ4n) is 2.30. The molecular formula is C14H19N3. The molecule has 1 fully saturated rings. The van der Waals surface area contributed by atoms with Crippen LogP contribution in [0, 0.1) is 11.3 Å². The lowest BCUT2D eigenvalue weighted by atomic mass is 10.1. The molecule has 1 N–H and O–H groups in total. The number of hydrogen-bond donors (Lipinski definition) is 1. The smallest absolute Gasteiger partial charge is 0.0992 e. The molecule has 17 heavy (non-hydrogen) atoms. The largest absolute Gasteiger partial charge is 0.370 e. The van der Waals surface area contributed by atoms with Gasteiger partial charge in [-0.25, -0.2) is 0 Å². The van der Waals surface area contributed by atoms with E-state index in [1.807, 2.05) is 18.2 Å². The van der Waals surface area contributed by atoms with E-state index < -0.39 is 0 Å². The van der Waals surface area contributed by atoms with Crippen LogP contribution >= 0.6 is 0 Å². The van der Waals surface area contributed by atoms with Crippen molar-refractivity contribution in [2.75, 3.05) is 24.5 Å². The van der Waals surface area contributed by atoms with E-state index in [0.29, 0.717) is 0 Å². The summed E-state index contributed by atoms with van der Waals surface area (Å²) in [6.07, 6.45) is 1.14. The van der Waals surface area contributed by atoms with E-state index in [1.165, 1.54) is 0 Å². The van der Waals surface area contributed by atoms with Crippen LogP contribution in [0.1, 0.15) is 25.8 Å². The Morgan fingerprint density at radius 1 is 1.41 bits per heavy atom. The SMILES string of the molecule is CC1(C)CN(c2cccc(C#N)c2)CCCN1. The molecule has 1 aliphatic heterocycles. The predicted molar refractivity (Wildman–Crippen MR) is 70.1 cm³/mol. The van der Waals surface area contributed by atoms with Gasteiger partial charge in [-0.2, -0.15) is 5.26 Å². The second-order valence-electron chi connectivity index (χ2n) is 5.25. The highest BCUT2D eigenvalue weighted by molar-refractivity contribution is 5.52. The van der Waals surface area contributed by atoms with Crippen LogP contribution in [-0.2, 0) is 0 Å². The van der Waals surface area contributed by atoms with Crippen molar-refractivity contribution in [3.05, 3.63) is 29.8 Å². The molecule has 0 amide bonds. The van der Waals surface area contributed by atoms with Crippen molar-refractivity contribution in [3.8, 4) is 6.07 Å². The molecule has 3 heteroatoms. The van der Waals surface area contributed by atoms with Crippen molar-refractivity contribution < 1.29 is 0 Å². The molecule has 0 aromatic heterocycles. The van der Waals surface area contributed by atoms with Gasteiger partial charge in [-0.3, -0.25) is 0 Å². The van der Waals surface area contributed by atoms with Gasteiger partial charge in [0.25, 0.3) is 0 Å². The number of nitrogens with zero attached hydrogens (tertiary/aromatic N) is 2. The molecule has 1 aliphatic rings. The van der Waals surface area contributed by atoms with Gasteiger partial charge in [0, 0.05) is 24.3 Å². The maximum Gasteiger partial charge on any atom is 0.0992 e. The van der Waals surface area contributed by atoms with Crippen LogP contribution in [0.2, 0.25) is 0 Å². The van der Waals surface area contributed by atoms with Crippen LogP contribution in [0.3, 0.4) is 0 Å². The van der Waals surface area contributed by atoms with Crippen LogP contribution in [0.5, 0.6) is 0 Å². The van der Waals surface area contributed by atoms with Crippen LogP contribution in [-0.4, -0.2) is 25.2 Å². The van der Waals surface area contributed by atoms with Gasteiger partial charge in [-0.05, 0) is 45.0 Å². The second-order valence-corrected chi connectivity index (χ2v) is 5.25. The summed E-state index contributed by atoms with van der Waals surface area (Å²) in [5, 5.41) is 12.5. The minimum atomic E-state index is 0.124. The zero-order valence-electron chi connectivity index (χ0n) is 10.5. The van der Waals surface area contributed by atoms with Crippen molar-refractivity contribution in [1.82, 2.24) is 5.32 Å². The van der Waals surface area contributed by atoms with Gasteiger partial charge >= 0.3 is 0 Å². The number of nitrogens with one attached hydrogen (secondary N) is 1. The number of rotatable bonds is 1.